The van der Waals surface area contributed by atoms with Crippen molar-refractivity contribution in [1.29, 1.82) is 0 Å². The van der Waals surface area contributed by atoms with Crippen molar-refractivity contribution in [3.05, 3.63) is 73.9 Å². The summed E-state index contributed by atoms with van der Waals surface area (Å²) in [6, 6.07) is 10.1. The van der Waals surface area contributed by atoms with E-state index in [1.807, 2.05) is 18.2 Å². The molecule has 0 N–H and O–H groups in total. The Bertz CT molecular complexity index is 610. The molecule has 0 saturated heterocycles. The van der Waals surface area contributed by atoms with Crippen LogP contribution in [0.1, 0.15) is 24.8 Å². The van der Waals surface area contributed by atoms with Crippen LogP contribution in [0.5, 0.6) is 0 Å². The van der Waals surface area contributed by atoms with Gasteiger partial charge in [0.1, 0.15) is 0 Å². The Balaban J connectivity index is 2.67. The van der Waals surface area contributed by atoms with Gasteiger partial charge in [-0.25, -0.2) is 0 Å². The zero-order valence-electron chi connectivity index (χ0n) is 22.6. The Hall–Kier alpha value is -1.84. The fourth-order valence-electron chi connectivity index (χ4n) is 3.36. The second-order valence-corrected chi connectivity index (χ2v) is 8.79. The summed E-state index contributed by atoms with van der Waals surface area (Å²) in [4.78, 5) is 0. The maximum Gasteiger partial charge on any atom is 0.0717 e. The maximum absolute atomic E-state index is 6.17. The van der Waals surface area contributed by atoms with Crippen LogP contribution in [-0.2, 0) is 39.8 Å². The van der Waals surface area contributed by atoms with Gasteiger partial charge < -0.3 is 33.2 Å². The van der Waals surface area contributed by atoms with Crippen LogP contribution in [0, 0.1) is 5.41 Å². The summed E-state index contributed by atoms with van der Waals surface area (Å²) >= 11 is 0. The summed E-state index contributed by atoms with van der Waals surface area (Å²) < 4.78 is 40.8. The SMILES string of the molecule is C=CCOCCCOCC(COCCCOCC=C)(COCCCOCC=C)COCc1ccccc1. The first kappa shape index (κ1) is 33.2. The highest BCUT2D eigenvalue weighted by molar-refractivity contribution is 5.13. The smallest absolute Gasteiger partial charge is 0.0717 e. The van der Waals surface area contributed by atoms with Gasteiger partial charge in [0, 0.05) is 39.6 Å². The average Bonchev–Trinajstić information content (AvgIpc) is 2.92. The summed E-state index contributed by atoms with van der Waals surface area (Å²) in [6.07, 6.45) is 7.65. The minimum absolute atomic E-state index is 0.444. The number of ether oxygens (including phenoxy) is 7. The lowest BCUT2D eigenvalue weighted by atomic mass is 9.92. The summed E-state index contributed by atoms with van der Waals surface area (Å²) in [5.74, 6) is 0. The Morgan fingerprint density at radius 3 is 1.30 bits per heavy atom. The fraction of sp³-hybridized carbons (Fsp3) is 0.600. The molecule has 0 aliphatic heterocycles. The van der Waals surface area contributed by atoms with Crippen LogP contribution in [0.3, 0.4) is 0 Å². The molecule has 37 heavy (non-hydrogen) atoms. The van der Waals surface area contributed by atoms with Crippen LogP contribution < -0.4 is 0 Å². The zero-order chi connectivity index (χ0) is 26.7. The zero-order valence-corrected chi connectivity index (χ0v) is 22.6. The lowest BCUT2D eigenvalue weighted by Gasteiger charge is -2.33. The monoisotopic (exact) mass is 520 g/mol. The molecular weight excluding hydrogens is 472 g/mol. The third-order valence-electron chi connectivity index (χ3n) is 5.18. The second kappa shape index (κ2) is 24.5. The third-order valence-corrected chi connectivity index (χ3v) is 5.18. The molecule has 0 atom stereocenters. The van der Waals surface area contributed by atoms with Crippen LogP contribution in [0.2, 0.25) is 0 Å². The van der Waals surface area contributed by atoms with Crippen LogP contribution in [0.25, 0.3) is 0 Å². The third kappa shape index (κ3) is 19.0. The first-order valence-corrected chi connectivity index (χ1v) is 13.2. The van der Waals surface area contributed by atoms with E-state index < -0.39 is 5.41 Å². The van der Waals surface area contributed by atoms with Gasteiger partial charge in [-0.1, -0.05) is 48.6 Å². The molecule has 0 aliphatic carbocycles. The molecule has 7 nitrogen and oxygen atoms in total. The number of benzene rings is 1. The first-order valence-electron chi connectivity index (χ1n) is 13.2. The molecule has 0 saturated carbocycles. The van der Waals surface area contributed by atoms with Crippen molar-refractivity contribution in [2.45, 2.75) is 25.9 Å². The normalized spacial score (nSPS) is 11.5. The Morgan fingerprint density at radius 1 is 0.514 bits per heavy atom. The van der Waals surface area contributed by atoms with E-state index in [0.29, 0.717) is 92.5 Å². The molecule has 0 amide bonds. The van der Waals surface area contributed by atoms with Gasteiger partial charge in [0.15, 0.2) is 0 Å². The highest BCUT2D eigenvalue weighted by atomic mass is 16.5. The van der Waals surface area contributed by atoms with Crippen LogP contribution >= 0.6 is 0 Å². The van der Waals surface area contributed by atoms with Crippen molar-refractivity contribution >= 4 is 0 Å². The Morgan fingerprint density at radius 2 is 0.892 bits per heavy atom. The highest BCUT2D eigenvalue weighted by Gasteiger charge is 2.32. The Labute approximate surface area is 224 Å². The largest absolute Gasteiger partial charge is 0.381 e. The van der Waals surface area contributed by atoms with Crippen LogP contribution in [-0.4, -0.2) is 85.9 Å². The second-order valence-electron chi connectivity index (χ2n) is 8.79. The van der Waals surface area contributed by atoms with Crippen molar-refractivity contribution in [3.8, 4) is 0 Å². The lowest BCUT2D eigenvalue weighted by molar-refractivity contribution is -0.112. The lowest BCUT2D eigenvalue weighted by Crippen LogP contribution is -2.42. The predicted molar refractivity (Wildman–Crippen MR) is 148 cm³/mol. The molecule has 0 bridgehead atoms. The Kier molecular flexibility index (Phi) is 22.0. The minimum atomic E-state index is -0.444. The van der Waals surface area contributed by atoms with Gasteiger partial charge in [-0.3, -0.25) is 0 Å². The molecule has 0 radical (unpaired) electrons. The van der Waals surface area contributed by atoms with E-state index in [1.165, 1.54) is 0 Å². The minimum Gasteiger partial charge on any atom is -0.381 e. The van der Waals surface area contributed by atoms with E-state index in [2.05, 4.69) is 31.9 Å². The number of hydrogen-bond acceptors (Lipinski definition) is 7. The van der Waals surface area contributed by atoms with Gasteiger partial charge >= 0.3 is 0 Å². The molecule has 0 fully saturated rings. The first-order chi connectivity index (χ1) is 18.3. The number of hydrogen-bond donors (Lipinski definition) is 0. The van der Waals surface area contributed by atoms with Gasteiger partial charge in [0.05, 0.1) is 58.3 Å². The van der Waals surface area contributed by atoms with Gasteiger partial charge in [-0.2, -0.15) is 0 Å². The average molecular weight is 521 g/mol. The molecule has 1 aromatic rings. The van der Waals surface area contributed by atoms with Crippen molar-refractivity contribution < 1.29 is 33.2 Å². The molecule has 0 aliphatic rings. The van der Waals surface area contributed by atoms with E-state index in [4.69, 9.17) is 33.2 Å². The highest BCUT2D eigenvalue weighted by Crippen LogP contribution is 2.22. The van der Waals surface area contributed by atoms with Crippen molar-refractivity contribution in [1.82, 2.24) is 0 Å². The summed E-state index contributed by atoms with van der Waals surface area (Å²) in [5, 5.41) is 0. The quantitative estimate of drug-likeness (QED) is 0.114. The van der Waals surface area contributed by atoms with Gasteiger partial charge in [0.25, 0.3) is 0 Å². The molecular formula is C30H48O7. The van der Waals surface area contributed by atoms with Gasteiger partial charge in [-0.15, -0.1) is 19.7 Å². The van der Waals surface area contributed by atoms with Crippen LogP contribution in [0.4, 0.5) is 0 Å². The molecule has 0 heterocycles. The molecule has 0 unspecified atom stereocenters. The van der Waals surface area contributed by atoms with E-state index in [9.17, 15) is 0 Å². The molecule has 7 heteroatoms. The molecule has 1 aromatic carbocycles. The van der Waals surface area contributed by atoms with E-state index in [0.717, 1.165) is 24.8 Å². The molecule has 1 rings (SSSR count). The van der Waals surface area contributed by atoms with E-state index >= 15 is 0 Å². The van der Waals surface area contributed by atoms with Gasteiger partial charge in [0.2, 0.25) is 0 Å². The van der Waals surface area contributed by atoms with Crippen LogP contribution in [0.15, 0.2) is 68.3 Å². The van der Waals surface area contributed by atoms with Gasteiger partial charge in [-0.05, 0) is 24.8 Å². The topological polar surface area (TPSA) is 64.6 Å². The molecule has 210 valence electrons. The standard InChI is InChI=1S/C30H48O7/c1-4-15-31-18-10-21-34-25-30(26-35-22-11-19-32-16-5-2,27-36-23-12-20-33-17-6-3)28-37-24-29-13-8-7-9-14-29/h4-9,13-14H,1-3,10-12,15-28H2. The van der Waals surface area contributed by atoms with E-state index in [1.54, 1.807) is 18.2 Å². The summed E-state index contributed by atoms with van der Waals surface area (Å²) in [7, 11) is 0. The summed E-state index contributed by atoms with van der Waals surface area (Å²) in [6.45, 7) is 18.6. The number of rotatable bonds is 28. The van der Waals surface area contributed by atoms with Crippen molar-refractivity contribution in [3.63, 3.8) is 0 Å². The van der Waals surface area contributed by atoms with E-state index in [-0.39, 0.29) is 0 Å². The molecule has 0 spiro atoms. The predicted octanol–water partition coefficient (Wildman–Crippen LogP) is 5.02. The summed E-state index contributed by atoms with van der Waals surface area (Å²) in [5.41, 5.74) is 0.679. The van der Waals surface area contributed by atoms with Crippen molar-refractivity contribution in [2.24, 2.45) is 5.41 Å². The fourth-order valence-corrected chi connectivity index (χ4v) is 3.36. The maximum atomic E-state index is 6.17. The molecule has 0 aromatic heterocycles. The van der Waals surface area contributed by atoms with Crippen molar-refractivity contribution in [2.75, 3.05) is 85.9 Å².